The van der Waals surface area contributed by atoms with Gasteiger partial charge >= 0.3 is 5.97 Å². The number of nitrogens with one attached hydrogen (secondary N) is 1. The van der Waals surface area contributed by atoms with Crippen LogP contribution < -0.4 is 5.32 Å². The van der Waals surface area contributed by atoms with Crippen molar-refractivity contribution in [3.8, 4) is 0 Å². The van der Waals surface area contributed by atoms with Gasteiger partial charge < -0.3 is 15.2 Å². The van der Waals surface area contributed by atoms with E-state index in [0.29, 0.717) is 5.69 Å². The lowest BCUT2D eigenvalue weighted by Gasteiger charge is -2.24. The predicted molar refractivity (Wildman–Crippen MR) is 86.3 cm³/mol. The summed E-state index contributed by atoms with van der Waals surface area (Å²) in [6.07, 6.45) is 0.896. The largest absolute Gasteiger partial charge is 0.481 e. The molecule has 0 aromatic heterocycles. The fraction of sp³-hybridized carbons (Fsp3) is 0.556. The molecule has 4 atom stereocenters. The lowest BCUT2D eigenvalue weighted by Crippen LogP contribution is -2.40. The van der Waals surface area contributed by atoms with Gasteiger partial charge in [-0.15, -0.1) is 0 Å². The fourth-order valence-corrected chi connectivity index (χ4v) is 3.60. The van der Waals surface area contributed by atoms with Crippen molar-refractivity contribution in [1.82, 2.24) is 0 Å². The van der Waals surface area contributed by atoms with E-state index < -0.39 is 17.8 Å². The van der Waals surface area contributed by atoms with E-state index in [2.05, 4.69) is 26.1 Å². The third kappa shape index (κ3) is 2.98. The van der Waals surface area contributed by atoms with Crippen LogP contribution in [-0.4, -0.2) is 29.2 Å². The van der Waals surface area contributed by atoms with Gasteiger partial charge in [0.15, 0.2) is 0 Å². The van der Waals surface area contributed by atoms with E-state index in [4.69, 9.17) is 4.74 Å². The minimum absolute atomic E-state index is 0.0510. The molecule has 124 valence electrons. The summed E-state index contributed by atoms with van der Waals surface area (Å²) in [5, 5.41) is 12.2. The van der Waals surface area contributed by atoms with E-state index in [1.165, 1.54) is 5.56 Å². The number of aliphatic carboxylic acids is 1. The molecule has 2 unspecified atom stereocenters. The normalized spacial score (nSPS) is 29.5. The number of amides is 1. The monoisotopic (exact) mass is 317 g/mol. The summed E-state index contributed by atoms with van der Waals surface area (Å²) in [4.78, 5) is 24.0. The maximum absolute atomic E-state index is 12.5. The van der Waals surface area contributed by atoms with Crippen LogP contribution in [-0.2, 0) is 19.7 Å². The van der Waals surface area contributed by atoms with Crippen LogP contribution in [0.15, 0.2) is 24.3 Å². The molecule has 1 amide bonds. The molecule has 2 N–H and O–H groups in total. The Bertz CT molecular complexity index is 617. The molecule has 0 radical (unpaired) electrons. The van der Waals surface area contributed by atoms with Crippen LogP contribution in [0.25, 0.3) is 0 Å². The Morgan fingerprint density at radius 2 is 1.65 bits per heavy atom. The van der Waals surface area contributed by atoms with Crippen molar-refractivity contribution in [2.45, 2.75) is 51.2 Å². The van der Waals surface area contributed by atoms with Crippen molar-refractivity contribution in [3.63, 3.8) is 0 Å². The van der Waals surface area contributed by atoms with Gasteiger partial charge in [0, 0.05) is 5.69 Å². The molecule has 5 heteroatoms. The molecular weight excluding hydrogens is 294 g/mol. The van der Waals surface area contributed by atoms with Crippen molar-refractivity contribution < 1.29 is 19.4 Å². The maximum Gasteiger partial charge on any atom is 0.310 e. The number of fused-ring (bicyclic) bond motifs is 2. The highest BCUT2D eigenvalue weighted by Gasteiger charge is 2.55. The first-order chi connectivity index (χ1) is 10.8. The second-order valence-corrected chi connectivity index (χ2v) is 7.50. The van der Waals surface area contributed by atoms with Gasteiger partial charge in [-0.1, -0.05) is 32.9 Å². The van der Waals surface area contributed by atoms with E-state index in [1.807, 2.05) is 24.3 Å². The van der Waals surface area contributed by atoms with Crippen LogP contribution in [0.5, 0.6) is 0 Å². The molecule has 5 nitrogen and oxygen atoms in total. The van der Waals surface area contributed by atoms with Gasteiger partial charge in [0.25, 0.3) is 0 Å². The number of hydrogen-bond donors (Lipinski definition) is 2. The van der Waals surface area contributed by atoms with Gasteiger partial charge in [0.05, 0.1) is 24.0 Å². The lowest BCUT2D eigenvalue weighted by atomic mass is 9.78. The highest BCUT2D eigenvalue weighted by atomic mass is 16.5. The minimum Gasteiger partial charge on any atom is -0.481 e. The summed E-state index contributed by atoms with van der Waals surface area (Å²) in [6.45, 7) is 6.39. The first-order valence-electron chi connectivity index (χ1n) is 8.07. The number of ether oxygens (including phenoxy) is 1. The third-order valence-corrected chi connectivity index (χ3v) is 4.88. The standard InChI is InChI=1S/C18H23NO4/c1-18(2,3)10-4-6-11(7-5-10)19-16(20)14-12-8-9-13(23-12)15(14)17(21)22/h4-7,12-15H,8-9H2,1-3H3,(H,19,20)(H,21,22)/t12-,13+,14?,15?/m0/s1. The maximum atomic E-state index is 12.5. The van der Waals surface area contributed by atoms with Crippen LogP contribution in [0, 0.1) is 11.8 Å². The Morgan fingerprint density at radius 1 is 1.09 bits per heavy atom. The summed E-state index contributed by atoms with van der Waals surface area (Å²) in [5.74, 6) is -2.54. The summed E-state index contributed by atoms with van der Waals surface area (Å²) in [7, 11) is 0. The van der Waals surface area contributed by atoms with Crippen LogP contribution in [0.1, 0.15) is 39.2 Å². The zero-order chi connectivity index (χ0) is 16.8. The van der Waals surface area contributed by atoms with Crippen molar-refractivity contribution in [1.29, 1.82) is 0 Å². The summed E-state index contributed by atoms with van der Waals surface area (Å²) < 4.78 is 5.64. The first-order valence-corrected chi connectivity index (χ1v) is 8.07. The van der Waals surface area contributed by atoms with Crippen LogP contribution >= 0.6 is 0 Å². The number of rotatable bonds is 3. The molecule has 2 aliphatic rings. The molecule has 3 rings (SSSR count). The molecule has 1 aromatic carbocycles. The van der Waals surface area contributed by atoms with E-state index in [1.54, 1.807) is 0 Å². The zero-order valence-corrected chi connectivity index (χ0v) is 13.7. The van der Waals surface area contributed by atoms with Crippen molar-refractivity contribution in [2.24, 2.45) is 11.8 Å². The molecular formula is C18H23NO4. The van der Waals surface area contributed by atoms with E-state index >= 15 is 0 Å². The number of anilines is 1. The predicted octanol–water partition coefficient (Wildman–Crippen LogP) is 2.80. The van der Waals surface area contributed by atoms with Crippen LogP contribution in [0.4, 0.5) is 5.69 Å². The molecule has 0 aliphatic carbocycles. The first kappa shape index (κ1) is 16.0. The lowest BCUT2D eigenvalue weighted by molar-refractivity contribution is -0.147. The Morgan fingerprint density at radius 3 is 2.17 bits per heavy atom. The Kier molecular flexibility index (Phi) is 3.92. The quantitative estimate of drug-likeness (QED) is 0.899. The van der Waals surface area contributed by atoms with Gasteiger partial charge in [0.1, 0.15) is 0 Å². The second-order valence-electron chi connectivity index (χ2n) is 7.50. The molecule has 2 aliphatic heterocycles. The molecule has 2 bridgehead atoms. The average molecular weight is 317 g/mol. The Labute approximate surface area is 136 Å². The molecule has 2 saturated heterocycles. The molecule has 2 fully saturated rings. The van der Waals surface area contributed by atoms with Gasteiger partial charge in [-0.2, -0.15) is 0 Å². The smallest absolute Gasteiger partial charge is 0.310 e. The van der Waals surface area contributed by atoms with E-state index in [0.717, 1.165) is 12.8 Å². The summed E-state index contributed by atoms with van der Waals surface area (Å²) in [6, 6.07) is 7.70. The SMILES string of the molecule is CC(C)(C)c1ccc(NC(=O)C2C(C(=O)O)[C@H]3CC[C@@H]2O3)cc1. The second kappa shape index (κ2) is 5.64. The molecule has 0 saturated carbocycles. The molecule has 0 spiro atoms. The molecule has 1 aromatic rings. The Hall–Kier alpha value is -1.88. The minimum atomic E-state index is -0.944. The van der Waals surface area contributed by atoms with Gasteiger partial charge in [-0.25, -0.2) is 0 Å². The van der Waals surface area contributed by atoms with Crippen LogP contribution in [0.3, 0.4) is 0 Å². The zero-order valence-electron chi connectivity index (χ0n) is 13.7. The summed E-state index contributed by atoms with van der Waals surface area (Å²) in [5.41, 5.74) is 1.92. The highest BCUT2D eigenvalue weighted by Crippen LogP contribution is 2.44. The van der Waals surface area contributed by atoms with E-state index in [9.17, 15) is 14.7 Å². The molecule has 2 heterocycles. The number of carbonyl (C=O) groups is 2. The topological polar surface area (TPSA) is 75.6 Å². The number of carboxylic acid groups (broad SMARTS) is 1. The van der Waals surface area contributed by atoms with Gasteiger partial charge in [-0.3, -0.25) is 9.59 Å². The number of benzene rings is 1. The molecule has 23 heavy (non-hydrogen) atoms. The summed E-state index contributed by atoms with van der Waals surface area (Å²) >= 11 is 0. The number of carboxylic acids is 1. The van der Waals surface area contributed by atoms with Gasteiger partial charge in [-0.05, 0) is 36.0 Å². The van der Waals surface area contributed by atoms with Gasteiger partial charge in [0.2, 0.25) is 5.91 Å². The Balaban J connectivity index is 1.73. The van der Waals surface area contributed by atoms with Crippen molar-refractivity contribution >= 4 is 17.6 Å². The van der Waals surface area contributed by atoms with Crippen molar-refractivity contribution in [3.05, 3.63) is 29.8 Å². The number of carbonyl (C=O) groups excluding carboxylic acids is 1. The van der Waals surface area contributed by atoms with Crippen molar-refractivity contribution in [2.75, 3.05) is 5.32 Å². The third-order valence-electron chi connectivity index (χ3n) is 4.88. The fourth-order valence-electron chi connectivity index (χ4n) is 3.60. The number of hydrogen-bond acceptors (Lipinski definition) is 3. The highest BCUT2D eigenvalue weighted by molar-refractivity contribution is 5.96. The van der Waals surface area contributed by atoms with Crippen LogP contribution in [0.2, 0.25) is 0 Å². The average Bonchev–Trinajstić information content (AvgIpc) is 3.07. The van der Waals surface area contributed by atoms with E-state index in [-0.39, 0.29) is 23.5 Å².